The molecule has 0 fully saturated rings. The van der Waals surface area contributed by atoms with E-state index in [2.05, 4.69) is 15.0 Å². The molecule has 0 aliphatic heterocycles. The molecule has 3 aromatic rings. The van der Waals surface area contributed by atoms with Gasteiger partial charge in [0.1, 0.15) is 11.6 Å². The molecule has 0 aliphatic rings. The maximum Gasteiger partial charge on any atom is 0.138 e. The van der Waals surface area contributed by atoms with Crippen molar-refractivity contribution in [1.29, 1.82) is 0 Å². The maximum absolute atomic E-state index is 13.2. The number of aryl methyl sites for hydroxylation is 1. The lowest BCUT2D eigenvalue weighted by atomic mass is 10.1. The van der Waals surface area contributed by atoms with Crippen LogP contribution < -0.4 is 0 Å². The van der Waals surface area contributed by atoms with Gasteiger partial charge in [0.15, 0.2) is 0 Å². The minimum Gasteiger partial charge on any atom is -0.337 e. The van der Waals surface area contributed by atoms with Gasteiger partial charge in [0, 0.05) is 11.8 Å². The SMILES string of the molecule is Cc1ccc(F)cc1-c1nc2ccncc2[nH]1. The van der Waals surface area contributed by atoms with Crippen molar-refractivity contribution in [2.45, 2.75) is 6.92 Å². The molecule has 2 aromatic heterocycles. The van der Waals surface area contributed by atoms with Gasteiger partial charge < -0.3 is 4.98 Å². The summed E-state index contributed by atoms with van der Waals surface area (Å²) < 4.78 is 13.2. The van der Waals surface area contributed by atoms with Crippen LogP contribution in [0.15, 0.2) is 36.7 Å². The van der Waals surface area contributed by atoms with Crippen LogP contribution in [0.5, 0.6) is 0 Å². The lowest BCUT2D eigenvalue weighted by molar-refractivity contribution is 0.628. The van der Waals surface area contributed by atoms with Gasteiger partial charge in [0.05, 0.1) is 17.2 Å². The third-order valence-electron chi connectivity index (χ3n) is 2.74. The molecule has 17 heavy (non-hydrogen) atoms. The molecule has 2 heterocycles. The summed E-state index contributed by atoms with van der Waals surface area (Å²) in [5.41, 5.74) is 3.45. The molecule has 3 rings (SSSR count). The lowest BCUT2D eigenvalue weighted by Gasteiger charge is -2.01. The second-order valence-corrected chi connectivity index (χ2v) is 3.94. The van der Waals surface area contributed by atoms with Crippen LogP contribution in [-0.2, 0) is 0 Å². The van der Waals surface area contributed by atoms with Gasteiger partial charge in [-0.3, -0.25) is 4.98 Å². The van der Waals surface area contributed by atoms with Crippen molar-refractivity contribution in [1.82, 2.24) is 15.0 Å². The third-order valence-corrected chi connectivity index (χ3v) is 2.74. The van der Waals surface area contributed by atoms with E-state index in [1.807, 2.05) is 13.0 Å². The molecule has 3 nitrogen and oxygen atoms in total. The molecule has 0 spiro atoms. The number of halogens is 1. The summed E-state index contributed by atoms with van der Waals surface area (Å²) in [4.78, 5) is 11.6. The molecular formula is C13H10FN3. The Bertz CT molecular complexity index is 655. The van der Waals surface area contributed by atoms with Crippen molar-refractivity contribution < 1.29 is 4.39 Å². The van der Waals surface area contributed by atoms with Crippen LogP contribution in [0.4, 0.5) is 4.39 Å². The Kier molecular flexibility index (Phi) is 2.14. The number of nitrogens with one attached hydrogen (secondary N) is 1. The number of hydrogen-bond donors (Lipinski definition) is 1. The molecule has 0 radical (unpaired) electrons. The smallest absolute Gasteiger partial charge is 0.138 e. The van der Waals surface area contributed by atoms with Gasteiger partial charge in [0.25, 0.3) is 0 Å². The highest BCUT2D eigenvalue weighted by atomic mass is 19.1. The van der Waals surface area contributed by atoms with Gasteiger partial charge in [-0.05, 0) is 30.7 Å². The van der Waals surface area contributed by atoms with Crippen molar-refractivity contribution >= 4 is 11.0 Å². The minimum atomic E-state index is -0.260. The van der Waals surface area contributed by atoms with Crippen LogP contribution in [0.1, 0.15) is 5.56 Å². The summed E-state index contributed by atoms with van der Waals surface area (Å²) in [6, 6.07) is 6.50. The quantitative estimate of drug-likeness (QED) is 0.694. The first-order valence-corrected chi connectivity index (χ1v) is 5.30. The van der Waals surface area contributed by atoms with Gasteiger partial charge >= 0.3 is 0 Å². The van der Waals surface area contributed by atoms with Crippen molar-refractivity contribution in [3.05, 3.63) is 48.0 Å². The normalized spacial score (nSPS) is 10.9. The Hall–Kier alpha value is -2.23. The molecule has 0 bridgehead atoms. The Balaban J connectivity index is 2.23. The van der Waals surface area contributed by atoms with E-state index in [1.165, 1.54) is 12.1 Å². The first kappa shape index (κ1) is 9.96. The van der Waals surface area contributed by atoms with Crippen LogP contribution in [0.25, 0.3) is 22.4 Å². The number of nitrogens with zero attached hydrogens (tertiary/aromatic N) is 2. The number of aromatic nitrogens is 3. The second-order valence-electron chi connectivity index (χ2n) is 3.94. The molecule has 0 saturated carbocycles. The van der Waals surface area contributed by atoms with Crippen molar-refractivity contribution in [2.24, 2.45) is 0 Å². The molecule has 0 atom stereocenters. The van der Waals surface area contributed by atoms with E-state index in [0.717, 1.165) is 22.2 Å². The van der Waals surface area contributed by atoms with Crippen molar-refractivity contribution in [3.8, 4) is 11.4 Å². The second kappa shape index (κ2) is 3.66. The molecule has 1 N–H and O–H groups in total. The molecule has 1 aromatic carbocycles. The average molecular weight is 227 g/mol. The molecule has 84 valence electrons. The molecule has 0 aliphatic carbocycles. The molecule has 0 unspecified atom stereocenters. The highest BCUT2D eigenvalue weighted by Crippen LogP contribution is 2.23. The number of pyridine rings is 1. The van der Waals surface area contributed by atoms with E-state index in [1.54, 1.807) is 18.5 Å². The minimum absolute atomic E-state index is 0.260. The van der Waals surface area contributed by atoms with Crippen LogP contribution in [0.2, 0.25) is 0 Å². The predicted octanol–water partition coefficient (Wildman–Crippen LogP) is 3.07. The zero-order chi connectivity index (χ0) is 11.8. The Labute approximate surface area is 97.3 Å². The standard InChI is InChI=1S/C13H10FN3/c1-8-2-3-9(14)6-10(8)13-16-11-4-5-15-7-12(11)17-13/h2-7H,1H3,(H,16,17). The van der Waals surface area contributed by atoms with Gasteiger partial charge in [0.2, 0.25) is 0 Å². The van der Waals surface area contributed by atoms with Crippen LogP contribution in [0.3, 0.4) is 0 Å². The molecular weight excluding hydrogens is 217 g/mol. The lowest BCUT2D eigenvalue weighted by Crippen LogP contribution is -1.87. The fourth-order valence-electron chi connectivity index (χ4n) is 1.83. The summed E-state index contributed by atoms with van der Waals surface area (Å²) in [5.74, 6) is 0.411. The monoisotopic (exact) mass is 227 g/mol. The van der Waals surface area contributed by atoms with E-state index in [4.69, 9.17) is 0 Å². The van der Waals surface area contributed by atoms with Crippen LogP contribution >= 0.6 is 0 Å². The first-order chi connectivity index (χ1) is 8.24. The van der Waals surface area contributed by atoms with E-state index in [0.29, 0.717) is 5.82 Å². The van der Waals surface area contributed by atoms with Gasteiger partial charge in [-0.2, -0.15) is 0 Å². The largest absolute Gasteiger partial charge is 0.337 e. The number of fused-ring (bicyclic) bond motifs is 1. The number of rotatable bonds is 1. The molecule has 4 heteroatoms. The summed E-state index contributed by atoms with van der Waals surface area (Å²) in [5, 5.41) is 0. The van der Waals surface area contributed by atoms with E-state index in [9.17, 15) is 4.39 Å². The Morgan fingerprint density at radius 3 is 2.94 bits per heavy atom. The number of benzene rings is 1. The van der Waals surface area contributed by atoms with Crippen LogP contribution in [-0.4, -0.2) is 15.0 Å². The van der Waals surface area contributed by atoms with Gasteiger partial charge in [-0.25, -0.2) is 9.37 Å². The number of H-pyrrole nitrogens is 1. The summed E-state index contributed by atoms with van der Waals surface area (Å²) in [6.45, 7) is 1.93. The number of aromatic amines is 1. The third kappa shape index (κ3) is 1.67. The molecule has 0 saturated heterocycles. The van der Waals surface area contributed by atoms with Crippen molar-refractivity contribution in [2.75, 3.05) is 0 Å². The van der Waals surface area contributed by atoms with Crippen molar-refractivity contribution in [3.63, 3.8) is 0 Å². The topological polar surface area (TPSA) is 41.6 Å². The first-order valence-electron chi connectivity index (χ1n) is 5.30. The average Bonchev–Trinajstić information content (AvgIpc) is 2.75. The fourth-order valence-corrected chi connectivity index (χ4v) is 1.83. The van der Waals surface area contributed by atoms with Crippen LogP contribution in [0, 0.1) is 12.7 Å². The highest BCUT2D eigenvalue weighted by Gasteiger charge is 2.08. The Morgan fingerprint density at radius 2 is 2.12 bits per heavy atom. The molecule has 0 amide bonds. The van der Waals surface area contributed by atoms with Gasteiger partial charge in [-0.15, -0.1) is 0 Å². The summed E-state index contributed by atoms with van der Waals surface area (Å²) >= 11 is 0. The zero-order valence-corrected chi connectivity index (χ0v) is 9.24. The van der Waals surface area contributed by atoms with E-state index in [-0.39, 0.29) is 5.82 Å². The van der Waals surface area contributed by atoms with Gasteiger partial charge in [-0.1, -0.05) is 6.07 Å². The maximum atomic E-state index is 13.2. The highest BCUT2D eigenvalue weighted by molar-refractivity contribution is 5.78. The fraction of sp³-hybridized carbons (Fsp3) is 0.0769. The predicted molar refractivity (Wildman–Crippen MR) is 64.0 cm³/mol. The van der Waals surface area contributed by atoms with E-state index < -0.39 is 0 Å². The summed E-state index contributed by atoms with van der Waals surface area (Å²) in [7, 11) is 0. The number of hydrogen-bond acceptors (Lipinski definition) is 2. The summed E-state index contributed by atoms with van der Waals surface area (Å²) in [6.07, 6.45) is 3.39. The van der Waals surface area contributed by atoms with E-state index >= 15 is 0 Å². The number of imidazole rings is 1. The zero-order valence-electron chi connectivity index (χ0n) is 9.24. The Morgan fingerprint density at radius 1 is 1.24 bits per heavy atom.